The summed E-state index contributed by atoms with van der Waals surface area (Å²) in [6.45, 7) is 2.75. The summed E-state index contributed by atoms with van der Waals surface area (Å²) in [7, 11) is 0. The molecule has 1 saturated heterocycles. The van der Waals surface area contributed by atoms with E-state index in [-0.39, 0.29) is 6.04 Å². The van der Waals surface area contributed by atoms with E-state index in [0.717, 1.165) is 16.5 Å². The van der Waals surface area contributed by atoms with E-state index >= 15 is 0 Å². The standard InChI is InChI=1S/C14H13N3OS/c1-10-9-16-19(18)17(10)13-5-6-14-11(7-13)3-2-4-12(14)8-15/h2-7,10,16H,9H2,1H3/t10-,19?/m0/s1. The van der Waals surface area contributed by atoms with Gasteiger partial charge in [0, 0.05) is 6.54 Å². The highest BCUT2D eigenvalue weighted by Crippen LogP contribution is 2.27. The topological polar surface area (TPSA) is 56.1 Å². The molecule has 0 bridgehead atoms. The number of nitriles is 1. The number of anilines is 1. The van der Waals surface area contributed by atoms with Crippen LogP contribution in [-0.2, 0) is 11.2 Å². The Labute approximate surface area is 114 Å². The van der Waals surface area contributed by atoms with Crippen LogP contribution in [0.25, 0.3) is 10.8 Å². The molecule has 1 N–H and O–H groups in total. The fraction of sp³-hybridized carbons (Fsp3) is 0.214. The van der Waals surface area contributed by atoms with Crippen LogP contribution in [0.2, 0.25) is 0 Å². The van der Waals surface area contributed by atoms with Crippen LogP contribution in [0.15, 0.2) is 36.4 Å². The van der Waals surface area contributed by atoms with E-state index in [4.69, 9.17) is 5.26 Å². The van der Waals surface area contributed by atoms with E-state index in [0.29, 0.717) is 12.1 Å². The van der Waals surface area contributed by atoms with Gasteiger partial charge in [-0.2, -0.15) is 5.26 Å². The first kappa shape index (κ1) is 12.2. The van der Waals surface area contributed by atoms with Gasteiger partial charge in [-0.25, -0.2) is 8.93 Å². The van der Waals surface area contributed by atoms with Crippen LogP contribution in [0.5, 0.6) is 0 Å². The zero-order valence-corrected chi connectivity index (χ0v) is 11.3. The monoisotopic (exact) mass is 271 g/mol. The van der Waals surface area contributed by atoms with Crippen molar-refractivity contribution < 1.29 is 4.21 Å². The molecule has 4 nitrogen and oxygen atoms in total. The summed E-state index contributed by atoms with van der Waals surface area (Å²) in [4.78, 5) is 0. The van der Waals surface area contributed by atoms with Crippen molar-refractivity contribution in [1.29, 1.82) is 5.26 Å². The molecule has 19 heavy (non-hydrogen) atoms. The molecule has 0 spiro atoms. The van der Waals surface area contributed by atoms with Crippen LogP contribution in [0.1, 0.15) is 12.5 Å². The average molecular weight is 271 g/mol. The Morgan fingerprint density at radius 3 is 2.95 bits per heavy atom. The van der Waals surface area contributed by atoms with Gasteiger partial charge in [0.05, 0.1) is 23.4 Å². The molecule has 1 unspecified atom stereocenters. The summed E-state index contributed by atoms with van der Waals surface area (Å²) in [5.74, 6) is 0. The molecule has 0 aliphatic carbocycles. The Balaban J connectivity index is 2.13. The van der Waals surface area contributed by atoms with Gasteiger partial charge in [0.25, 0.3) is 0 Å². The molecule has 5 heteroatoms. The summed E-state index contributed by atoms with van der Waals surface area (Å²) >= 11 is -1.17. The third-order valence-electron chi connectivity index (χ3n) is 3.32. The lowest BCUT2D eigenvalue weighted by Crippen LogP contribution is -2.28. The Morgan fingerprint density at radius 2 is 2.26 bits per heavy atom. The summed E-state index contributed by atoms with van der Waals surface area (Å²) in [5, 5.41) is 11.0. The Bertz CT molecular complexity index is 707. The second-order valence-corrected chi connectivity index (χ2v) is 5.78. The maximum absolute atomic E-state index is 11.9. The minimum atomic E-state index is -1.17. The van der Waals surface area contributed by atoms with E-state index in [1.165, 1.54) is 0 Å². The van der Waals surface area contributed by atoms with Crippen molar-refractivity contribution in [1.82, 2.24) is 4.72 Å². The second-order valence-electron chi connectivity index (χ2n) is 4.60. The van der Waals surface area contributed by atoms with Crippen LogP contribution < -0.4 is 9.03 Å². The van der Waals surface area contributed by atoms with E-state index < -0.39 is 11.2 Å². The molecule has 96 valence electrons. The third-order valence-corrected chi connectivity index (χ3v) is 4.66. The zero-order valence-electron chi connectivity index (χ0n) is 10.5. The van der Waals surface area contributed by atoms with Gasteiger partial charge in [0.2, 0.25) is 0 Å². The molecule has 3 rings (SSSR count). The van der Waals surface area contributed by atoms with Crippen molar-refractivity contribution in [2.45, 2.75) is 13.0 Å². The first-order valence-corrected chi connectivity index (χ1v) is 7.19. The third kappa shape index (κ3) is 1.99. The van der Waals surface area contributed by atoms with Crippen molar-refractivity contribution in [2.75, 3.05) is 10.8 Å². The minimum Gasteiger partial charge on any atom is -0.275 e. The van der Waals surface area contributed by atoms with Crippen LogP contribution >= 0.6 is 0 Å². The SMILES string of the molecule is C[C@H]1CNS(=O)N1c1ccc2c(C#N)cccc2c1. The highest BCUT2D eigenvalue weighted by Gasteiger charge is 2.27. The van der Waals surface area contributed by atoms with Crippen molar-refractivity contribution in [3.63, 3.8) is 0 Å². The minimum absolute atomic E-state index is 0.192. The summed E-state index contributed by atoms with van der Waals surface area (Å²) in [5.41, 5.74) is 1.58. The van der Waals surface area contributed by atoms with Gasteiger partial charge in [0.1, 0.15) is 0 Å². The molecule has 0 amide bonds. The van der Waals surface area contributed by atoms with Crippen molar-refractivity contribution in [3.05, 3.63) is 42.0 Å². The lowest BCUT2D eigenvalue weighted by molar-refractivity contribution is 0.680. The highest BCUT2D eigenvalue weighted by atomic mass is 32.2. The molecule has 0 saturated carbocycles. The fourth-order valence-electron chi connectivity index (χ4n) is 2.36. The predicted octanol–water partition coefficient (Wildman–Crippen LogP) is 2.09. The average Bonchev–Trinajstić information content (AvgIpc) is 2.77. The first-order valence-electron chi connectivity index (χ1n) is 6.08. The Kier molecular flexibility index (Phi) is 2.97. The molecular formula is C14H13N3OS. The van der Waals surface area contributed by atoms with E-state index in [9.17, 15) is 4.21 Å². The molecule has 0 radical (unpaired) electrons. The van der Waals surface area contributed by atoms with Crippen molar-refractivity contribution in [2.24, 2.45) is 0 Å². The van der Waals surface area contributed by atoms with Crippen molar-refractivity contribution in [3.8, 4) is 6.07 Å². The summed E-state index contributed by atoms with van der Waals surface area (Å²) in [6.07, 6.45) is 0. The number of rotatable bonds is 1. The first-order chi connectivity index (χ1) is 9.20. The summed E-state index contributed by atoms with van der Waals surface area (Å²) in [6, 6.07) is 13.9. The van der Waals surface area contributed by atoms with Gasteiger partial charge < -0.3 is 0 Å². The lowest BCUT2D eigenvalue weighted by atomic mass is 10.0. The quantitative estimate of drug-likeness (QED) is 0.863. The zero-order chi connectivity index (χ0) is 13.4. The fourth-order valence-corrected chi connectivity index (χ4v) is 3.59. The highest BCUT2D eigenvalue weighted by molar-refractivity contribution is 7.84. The molecule has 0 aromatic heterocycles. The van der Waals surface area contributed by atoms with Gasteiger partial charge in [-0.3, -0.25) is 4.31 Å². The largest absolute Gasteiger partial charge is 0.275 e. The smallest absolute Gasteiger partial charge is 0.196 e. The number of fused-ring (bicyclic) bond motifs is 1. The van der Waals surface area contributed by atoms with Gasteiger partial charge >= 0.3 is 0 Å². The number of hydrogen-bond acceptors (Lipinski definition) is 2. The van der Waals surface area contributed by atoms with E-state index in [2.05, 4.69) is 10.8 Å². The van der Waals surface area contributed by atoms with Crippen molar-refractivity contribution >= 4 is 27.6 Å². The maximum Gasteiger partial charge on any atom is 0.196 e. The molecule has 1 aliphatic rings. The number of benzene rings is 2. The number of nitrogens with one attached hydrogen (secondary N) is 1. The molecule has 2 atom stereocenters. The van der Waals surface area contributed by atoms with Crippen LogP contribution in [0.3, 0.4) is 0 Å². The van der Waals surface area contributed by atoms with Gasteiger partial charge in [0.15, 0.2) is 11.2 Å². The van der Waals surface area contributed by atoms with E-state index in [1.54, 1.807) is 6.07 Å². The number of hydrogen-bond donors (Lipinski definition) is 1. The van der Waals surface area contributed by atoms with Crippen LogP contribution in [0.4, 0.5) is 5.69 Å². The Morgan fingerprint density at radius 1 is 1.42 bits per heavy atom. The molecule has 1 aliphatic heterocycles. The molecule has 1 heterocycles. The van der Waals surface area contributed by atoms with Crippen LogP contribution in [0, 0.1) is 11.3 Å². The molecule has 2 aromatic carbocycles. The second kappa shape index (κ2) is 4.65. The van der Waals surface area contributed by atoms with E-state index in [1.807, 2.05) is 41.6 Å². The summed E-state index contributed by atoms with van der Waals surface area (Å²) < 4.78 is 16.7. The lowest BCUT2D eigenvalue weighted by Gasteiger charge is -2.20. The maximum atomic E-state index is 11.9. The molecule has 1 fully saturated rings. The molecule has 2 aromatic rings. The van der Waals surface area contributed by atoms with Gasteiger partial charge in [-0.05, 0) is 35.9 Å². The van der Waals surface area contributed by atoms with Gasteiger partial charge in [-0.1, -0.05) is 18.2 Å². The predicted molar refractivity (Wildman–Crippen MR) is 76.7 cm³/mol. The normalized spacial score (nSPS) is 22.6. The van der Waals surface area contributed by atoms with Gasteiger partial charge in [-0.15, -0.1) is 0 Å². The number of nitrogens with zero attached hydrogens (tertiary/aromatic N) is 2. The Hall–Kier alpha value is -1.90. The molecular weight excluding hydrogens is 258 g/mol. The van der Waals surface area contributed by atoms with Crippen LogP contribution in [-0.4, -0.2) is 16.8 Å².